The molecule has 1 unspecified atom stereocenters. The summed E-state index contributed by atoms with van der Waals surface area (Å²) < 4.78 is 92.7. The van der Waals surface area contributed by atoms with E-state index in [1.165, 1.54) is 27.7 Å². The zero-order chi connectivity index (χ0) is 43.2. The molecule has 58 heavy (non-hydrogen) atoms. The van der Waals surface area contributed by atoms with E-state index in [-0.39, 0.29) is 38.3 Å². The van der Waals surface area contributed by atoms with Crippen LogP contribution in [-0.4, -0.2) is 103 Å². The zero-order valence-corrected chi connectivity index (χ0v) is 34.5. The van der Waals surface area contributed by atoms with Crippen LogP contribution in [0.3, 0.4) is 0 Å². The first-order valence-corrected chi connectivity index (χ1v) is 19.8. The molecule has 2 amide bonds. The van der Waals surface area contributed by atoms with Crippen molar-refractivity contribution in [2.75, 3.05) is 13.2 Å². The van der Waals surface area contributed by atoms with Crippen LogP contribution in [0, 0.1) is 11.8 Å². The fourth-order valence-corrected chi connectivity index (χ4v) is 7.37. The molecule has 0 aromatic heterocycles. The number of esters is 1. The summed E-state index contributed by atoms with van der Waals surface area (Å²) in [5.41, 5.74) is 1.76. The molecule has 2 saturated heterocycles. The first kappa shape index (κ1) is 48.7. The van der Waals surface area contributed by atoms with Gasteiger partial charge in [-0.05, 0) is 37.8 Å². The minimum absolute atomic E-state index is 0.0875. The molecule has 326 valence electrons. The first-order chi connectivity index (χ1) is 27.4. The average molecular weight is 829 g/mol. The number of alkyl halides is 4. The summed E-state index contributed by atoms with van der Waals surface area (Å²) in [6, 6.07) is 16.3. The van der Waals surface area contributed by atoms with Crippen LogP contribution in [0.2, 0.25) is 0 Å². The van der Waals surface area contributed by atoms with Crippen molar-refractivity contribution in [2.45, 2.75) is 148 Å². The number of carbonyl (C=O) groups excluding carboxylic acids is 3. The van der Waals surface area contributed by atoms with Gasteiger partial charge >= 0.3 is 17.8 Å². The standard InChI is InChI=1S/C21H31F2NO5.C21H29F2NO5/c2*1-5-16-13(3)18(28-12-15-10-8-7-9-11-15)17(24-14(4)25)19(29-16)21(22,23)20(26)27-6-2/h7-11,13,16-20,26H,5-6,12H2,1-4H3,(H,24,25);7-11,13,16-19H,5-6,12H2,1-4H3,(H,24,25)/t13-,16+,17+,18-,19-,20?;13-,16+,17+,18-,19-/m00/s1. The van der Waals surface area contributed by atoms with E-state index >= 15 is 8.78 Å². The molecule has 2 aromatic carbocycles. The summed E-state index contributed by atoms with van der Waals surface area (Å²) in [5, 5.41) is 15.0. The fraction of sp³-hybridized carbons (Fsp3) is 0.643. The fourth-order valence-electron chi connectivity index (χ4n) is 7.37. The van der Waals surface area contributed by atoms with Crippen LogP contribution >= 0.6 is 0 Å². The highest BCUT2D eigenvalue weighted by Gasteiger charge is 2.60. The number of benzene rings is 2. The highest BCUT2D eigenvalue weighted by molar-refractivity contribution is 5.79. The largest absolute Gasteiger partial charge is 0.461 e. The third-order valence-corrected chi connectivity index (χ3v) is 10.3. The molecular weight excluding hydrogens is 768 g/mol. The monoisotopic (exact) mass is 828 g/mol. The van der Waals surface area contributed by atoms with Crippen LogP contribution < -0.4 is 10.6 Å². The molecule has 0 aliphatic carbocycles. The summed E-state index contributed by atoms with van der Waals surface area (Å²) in [5.74, 6) is -10.9. The first-order valence-electron chi connectivity index (χ1n) is 19.8. The number of hydrogen-bond acceptors (Lipinski definition) is 10. The molecule has 2 aliphatic rings. The van der Waals surface area contributed by atoms with Crippen LogP contribution in [0.4, 0.5) is 17.6 Å². The van der Waals surface area contributed by atoms with Crippen LogP contribution in [0.15, 0.2) is 60.7 Å². The van der Waals surface area contributed by atoms with Crippen LogP contribution in [0.5, 0.6) is 0 Å². The SMILES string of the molecule is CCOC(=O)C(F)(F)[C@H]1O[C@H](CC)[C@H](C)[C@H](OCc2ccccc2)[C@H]1NC(C)=O.CCOC(O)C(F)(F)[C@H]1O[C@H](CC)[C@H](C)[C@H](OCc2ccccc2)[C@H]1NC(C)=O. The van der Waals surface area contributed by atoms with E-state index in [0.29, 0.717) is 12.8 Å². The van der Waals surface area contributed by atoms with Gasteiger partial charge in [-0.1, -0.05) is 88.4 Å². The Bertz CT molecular complexity index is 1560. The lowest BCUT2D eigenvalue weighted by molar-refractivity contribution is -0.308. The Morgan fingerprint density at radius 2 is 1.12 bits per heavy atom. The second-order valence-electron chi connectivity index (χ2n) is 14.5. The molecule has 0 spiro atoms. The zero-order valence-electron chi connectivity index (χ0n) is 34.5. The summed E-state index contributed by atoms with van der Waals surface area (Å²) >= 11 is 0. The van der Waals surface area contributed by atoms with Crippen molar-refractivity contribution >= 4 is 17.8 Å². The van der Waals surface area contributed by atoms with Gasteiger partial charge in [0.1, 0.15) is 6.10 Å². The van der Waals surface area contributed by atoms with E-state index < -0.39 is 84.6 Å². The summed E-state index contributed by atoms with van der Waals surface area (Å²) in [6.45, 7) is 12.9. The van der Waals surface area contributed by atoms with E-state index in [0.717, 1.165) is 11.1 Å². The second-order valence-corrected chi connectivity index (χ2v) is 14.5. The number of amides is 2. The van der Waals surface area contributed by atoms with Gasteiger partial charge in [0.15, 0.2) is 6.10 Å². The second kappa shape index (κ2) is 22.6. The van der Waals surface area contributed by atoms with Gasteiger partial charge < -0.3 is 44.2 Å². The van der Waals surface area contributed by atoms with Gasteiger partial charge in [-0.25, -0.2) is 4.79 Å². The number of halogens is 4. The predicted octanol–water partition coefficient (Wildman–Crippen LogP) is 5.97. The summed E-state index contributed by atoms with van der Waals surface area (Å²) in [6.07, 6.45) is -7.70. The van der Waals surface area contributed by atoms with Gasteiger partial charge in [0, 0.05) is 32.3 Å². The number of hydrogen-bond donors (Lipinski definition) is 3. The molecule has 2 aromatic rings. The van der Waals surface area contributed by atoms with Gasteiger partial charge in [-0.3, -0.25) is 9.59 Å². The highest BCUT2D eigenvalue weighted by Crippen LogP contribution is 2.40. The predicted molar refractivity (Wildman–Crippen MR) is 206 cm³/mol. The van der Waals surface area contributed by atoms with Crippen molar-refractivity contribution in [1.82, 2.24) is 10.6 Å². The topological polar surface area (TPSA) is 151 Å². The van der Waals surface area contributed by atoms with Crippen molar-refractivity contribution in [1.29, 1.82) is 0 Å². The van der Waals surface area contributed by atoms with Gasteiger partial charge in [-0.2, -0.15) is 17.6 Å². The molecule has 0 bridgehead atoms. The number of ether oxygens (including phenoxy) is 6. The number of aliphatic hydroxyl groups is 1. The van der Waals surface area contributed by atoms with Gasteiger partial charge in [0.25, 0.3) is 0 Å². The van der Waals surface area contributed by atoms with E-state index in [1.807, 2.05) is 88.4 Å². The van der Waals surface area contributed by atoms with Gasteiger partial charge in [0.05, 0.1) is 56.3 Å². The maximum absolute atomic E-state index is 15.1. The van der Waals surface area contributed by atoms with Crippen molar-refractivity contribution in [3.63, 3.8) is 0 Å². The third kappa shape index (κ3) is 12.7. The summed E-state index contributed by atoms with van der Waals surface area (Å²) in [4.78, 5) is 35.5. The minimum Gasteiger partial charge on any atom is -0.461 e. The lowest BCUT2D eigenvalue weighted by atomic mass is 9.83. The number of aliphatic hydroxyl groups excluding tert-OH is 1. The van der Waals surface area contributed by atoms with Crippen LogP contribution in [0.1, 0.15) is 79.4 Å². The molecule has 4 rings (SSSR count). The molecule has 3 N–H and O–H groups in total. The normalized spacial score (nSPS) is 28.0. The Morgan fingerprint density at radius 3 is 1.50 bits per heavy atom. The van der Waals surface area contributed by atoms with Crippen LogP contribution in [0.25, 0.3) is 0 Å². The van der Waals surface area contributed by atoms with E-state index in [9.17, 15) is 28.3 Å². The molecule has 12 nitrogen and oxygen atoms in total. The number of rotatable bonds is 17. The van der Waals surface area contributed by atoms with E-state index in [4.69, 9.17) is 23.7 Å². The van der Waals surface area contributed by atoms with Crippen molar-refractivity contribution < 1.29 is 65.5 Å². The quantitative estimate of drug-likeness (QED) is 0.0990. The van der Waals surface area contributed by atoms with Crippen molar-refractivity contribution in [3.8, 4) is 0 Å². The molecular formula is C42H60F4N2O10. The maximum atomic E-state index is 15.1. The molecule has 0 saturated carbocycles. The summed E-state index contributed by atoms with van der Waals surface area (Å²) in [7, 11) is 0. The molecule has 2 fully saturated rings. The Labute approximate surface area is 338 Å². The van der Waals surface area contributed by atoms with E-state index in [1.54, 1.807) is 0 Å². The Balaban J connectivity index is 0.000000310. The minimum atomic E-state index is -3.94. The lowest BCUT2D eigenvalue weighted by Gasteiger charge is -2.48. The Morgan fingerprint density at radius 1 is 0.707 bits per heavy atom. The number of carbonyl (C=O) groups is 3. The molecule has 11 atom stereocenters. The maximum Gasteiger partial charge on any atom is 0.379 e. The van der Waals surface area contributed by atoms with Gasteiger partial charge in [-0.15, -0.1) is 0 Å². The third-order valence-electron chi connectivity index (χ3n) is 10.3. The van der Waals surface area contributed by atoms with Crippen LogP contribution in [-0.2, 0) is 56.0 Å². The smallest absolute Gasteiger partial charge is 0.379 e. The average Bonchev–Trinajstić information content (AvgIpc) is 3.18. The van der Waals surface area contributed by atoms with E-state index in [2.05, 4.69) is 15.4 Å². The Hall–Kier alpha value is -3.67. The van der Waals surface area contributed by atoms with Crippen molar-refractivity contribution in [3.05, 3.63) is 71.8 Å². The number of nitrogens with one attached hydrogen (secondary N) is 2. The van der Waals surface area contributed by atoms with Gasteiger partial charge in [0.2, 0.25) is 18.1 Å². The lowest BCUT2D eigenvalue weighted by Crippen LogP contribution is -2.67. The van der Waals surface area contributed by atoms with Crippen molar-refractivity contribution in [2.24, 2.45) is 11.8 Å². The Kier molecular flexibility index (Phi) is 19.0. The molecule has 16 heteroatoms. The molecule has 0 radical (unpaired) electrons. The molecule has 2 aliphatic heterocycles. The highest BCUT2D eigenvalue weighted by atomic mass is 19.3. The molecule has 2 heterocycles.